The van der Waals surface area contributed by atoms with Crippen LogP contribution in [-0.4, -0.2) is 25.2 Å². The van der Waals surface area contributed by atoms with Crippen molar-refractivity contribution in [3.8, 4) is 28.8 Å². The van der Waals surface area contributed by atoms with Crippen LogP contribution in [0.5, 0.6) is 5.75 Å². The largest absolute Gasteiger partial charge is 0.493 e. The van der Waals surface area contributed by atoms with Crippen molar-refractivity contribution in [2.45, 2.75) is 24.5 Å². The van der Waals surface area contributed by atoms with E-state index in [1.807, 2.05) is 38.1 Å². The fraction of sp³-hybridized carbons (Fsp3) is 0.182. The fourth-order valence-corrected chi connectivity index (χ4v) is 4.20. The summed E-state index contributed by atoms with van der Waals surface area (Å²) in [6.45, 7) is 4.31. The van der Waals surface area contributed by atoms with Gasteiger partial charge in [0.1, 0.15) is 17.3 Å². The molecule has 0 spiro atoms. The molecule has 0 radical (unpaired) electrons. The lowest BCUT2D eigenvalue weighted by Gasteiger charge is -2.05. The van der Waals surface area contributed by atoms with E-state index in [4.69, 9.17) is 13.7 Å². The van der Waals surface area contributed by atoms with Crippen molar-refractivity contribution in [3.63, 3.8) is 0 Å². The zero-order valence-corrected chi connectivity index (χ0v) is 17.3. The number of aromatic nitrogens is 2. The van der Waals surface area contributed by atoms with Crippen LogP contribution in [-0.2, 0) is 15.6 Å². The zero-order valence-electron chi connectivity index (χ0n) is 16.5. The molecule has 0 unspecified atom stereocenters. The Bertz CT molecular complexity index is 1260. The number of sulfone groups is 1. The van der Waals surface area contributed by atoms with Gasteiger partial charge in [0, 0.05) is 0 Å². The Morgan fingerprint density at radius 1 is 1.00 bits per heavy atom. The third kappa shape index (κ3) is 4.13. The maximum absolute atomic E-state index is 12.6. The van der Waals surface area contributed by atoms with Gasteiger partial charge in [-0.2, -0.15) is 4.98 Å². The minimum Gasteiger partial charge on any atom is -0.493 e. The molecule has 0 aliphatic rings. The first-order valence-electron chi connectivity index (χ1n) is 9.40. The highest BCUT2D eigenvalue weighted by molar-refractivity contribution is 7.90. The lowest BCUT2D eigenvalue weighted by Crippen LogP contribution is -2.04. The van der Waals surface area contributed by atoms with Crippen molar-refractivity contribution in [2.75, 3.05) is 6.61 Å². The number of nitrogens with zero attached hydrogens (tertiary/aromatic N) is 2. The van der Waals surface area contributed by atoms with Crippen molar-refractivity contribution < 1.29 is 22.1 Å². The zero-order chi connectivity index (χ0) is 21.1. The normalized spacial score (nSPS) is 11.5. The quantitative estimate of drug-likeness (QED) is 0.425. The number of hydrogen-bond acceptors (Lipinski definition) is 7. The lowest BCUT2D eigenvalue weighted by atomic mass is 10.2. The van der Waals surface area contributed by atoms with E-state index in [1.165, 1.54) is 0 Å². The number of furan rings is 1. The Hall–Kier alpha value is -3.39. The maximum atomic E-state index is 12.6. The Morgan fingerprint density at radius 2 is 1.77 bits per heavy atom. The van der Waals surface area contributed by atoms with E-state index in [0.717, 1.165) is 5.56 Å². The third-order valence-corrected chi connectivity index (χ3v) is 6.09. The molecule has 154 valence electrons. The standard InChI is InChI=1S/C22H20N2O5S/c1-3-27-19-7-5-4-6-18(19)21-23-22(29-24-21)20-13-10-16(28-20)14-30(25,26)17-11-8-15(2)9-12-17/h4-13H,3,14H2,1-2H3. The van der Waals surface area contributed by atoms with Crippen LogP contribution in [0.2, 0.25) is 0 Å². The molecule has 4 aromatic rings. The summed E-state index contributed by atoms with van der Waals surface area (Å²) in [6, 6.07) is 17.3. The molecule has 0 aliphatic heterocycles. The average Bonchev–Trinajstić information content (AvgIpc) is 3.38. The van der Waals surface area contributed by atoms with Gasteiger partial charge in [-0.3, -0.25) is 0 Å². The Balaban J connectivity index is 1.56. The fourth-order valence-electron chi connectivity index (χ4n) is 2.95. The summed E-state index contributed by atoms with van der Waals surface area (Å²) in [7, 11) is -3.53. The van der Waals surface area contributed by atoms with Crippen LogP contribution in [0.25, 0.3) is 23.0 Å². The predicted molar refractivity (Wildman–Crippen MR) is 111 cm³/mol. The maximum Gasteiger partial charge on any atom is 0.293 e. The van der Waals surface area contributed by atoms with Crippen molar-refractivity contribution in [1.82, 2.24) is 10.1 Å². The average molecular weight is 424 g/mol. The van der Waals surface area contributed by atoms with Gasteiger partial charge < -0.3 is 13.7 Å². The molecule has 0 amide bonds. The van der Waals surface area contributed by atoms with E-state index in [0.29, 0.717) is 35.3 Å². The monoisotopic (exact) mass is 424 g/mol. The smallest absolute Gasteiger partial charge is 0.293 e. The van der Waals surface area contributed by atoms with Crippen LogP contribution < -0.4 is 4.74 Å². The van der Waals surface area contributed by atoms with E-state index < -0.39 is 9.84 Å². The van der Waals surface area contributed by atoms with E-state index in [-0.39, 0.29) is 16.5 Å². The summed E-state index contributed by atoms with van der Waals surface area (Å²) in [5, 5.41) is 4.00. The van der Waals surface area contributed by atoms with Gasteiger partial charge >= 0.3 is 0 Å². The lowest BCUT2D eigenvalue weighted by molar-refractivity contribution is 0.341. The van der Waals surface area contributed by atoms with Crippen molar-refractivity contribution in [1.29, 1.82) is 0 Å². The summed E-state index contributed by atoms with van der Waals surface area (Å²) >= 11 is 0. The van der Waals surface area contributed by atoms with Crippen LogP contribution in [0, 0.1) is 6.92 Å². The first-order valence-corrected chi connectivity index (χ1v) is 11.1. The second-order valence-corrected chi connectivity index (χ2v) is 8.68. The first kappa shape index (κ1) is 19.9. The van der Waals surface area contributed by atoms with Crippen LogP contribution in [0.4, 0.5) is 0 Å². The minimum absolute atomic E-state index is 0.162. The van der Waals surface area contributed by atoms with Crippen molar-refractivity contribution >= 4 is 9.84 Å². The highest BCUT2D eigenvalue weighted by Gasteiger charge is 2.20. The van der Waals surface area contributed by atoms with Gasteiger partial charge in [0.15, 0.2) is 15.6 Å². The molecule has 7 nitrogen and oxygen atoms in total. The number of para-hydroxylation sites is 1. The van der Waals surface area contributed by atoms with Gasteiger partial charge in [0.2, 0.25) is 5.82 Å². The molecule has 2 aromatic heterocycles. The third-order valence-electron chi connectivity index (χ3n) is 4.44. The summed E-state index contributed by atoms with van der Waals surface area (Å²) < 4.78 is 41.8. The number of rotatable bonds is 7. The van der Waals surface area contributed by atoms with Gasteiger partial charge in [-0.15, -0.1) is 0 Å². The molecule has 8 heteroatoms. The molecule has 0 fully saturated rings. The van der Waals surface area contributed by atoms with Crippen LogP contribution in [0.15, 0.2) is 74.5 Å². The Kier molecular flexibility index (Phi) is 5.41. The molecule has 0 N–H and O–H groups in total. The predicted octanol–water partition coefficient (Wildman–Crippen LogP) is 4.68. The van der Waals surface area contributed by atoms with E-state index in [9.17, 15) is 8.42 Å². The summed E-state index contributed by atoms with van der Waals surface area (Å²) in [6.07, 6.45) is 0. The molecule has 30 heavy (non-hydrogen) atoms. The highest BCUT2D eigenvalue weighted by atomic mass is 32.2. The number of benzene rings is 2. The van der Waals surface area contributed by atoms with Crippen LogP contribution >= 0.6 is 0 Å². The number of hydrogen-bond donors (Lipinski definition) is 0. The molecule has 0 saturated carbocycles. The number of ether oxygens (including phenoxy) is 1. The molecular formula is C22H20N2O5S. The first-order chi connectivity index (χ1) is 14.5. The van der Waals surface area contributed by atoms with Gasteiger partial charge in [-0.1, -0.05) is 35.0 Å². The van der Waals surface area contributed by atoms with Crippen LogP contribution in [0.3, 0.4) is 0 Å². The molecule has 0 bridgehead atoms. The minimum atomic E-state index is -3.53. The molecule has 0 atom stereocenters. The Labute approximate surface area is 174 Å². The second-order valence-electron chi connectivity index (χ2n) is 6.69. The van der Waals surface area contributed by atoms with E-state index >= 15 is 0 Å². The topological polar surface area (TPSA) is 95.4 Å². The molecule has 0 saturated heterocycles. The van der Waals surface area contributed by atoms with Gasteiger partial charge in [-0.25, -0.2) is 8.42 Å². The van der Waals surface area contributed by atoms with Gasteiger partial charge in [0.25, 0.3) is 5.89 Å². The van der Waals surface area contributed by atoms with Gasteiger partial charge in [-0.05, 0) is 50.2 Å². The summed E-state index contributed by atoms with van der Waals surface area (Å²) in [5.74, 6) is 1.51. The summed E-state index contributed by atoms with van der Waals surface area (Å²) in [4.78, 5) is 4.62. The molecule has 0 aliphatic carbocycles. The van der Waals surface area contributed by atoms with E-state index in [1.54, 1.807) is 36.4 Å². The van der Waals surface area contributed by atoms with Crippen molar-refractivity contribution in [3.05, 3.63) is 72.0 Å². The molecule has 2 heterocycles. The van der Waals surface area contributed by atoms with Crippen molar-refractivity contribution in [2.24, 2.45) is 0 Å². The molecular weight excluding hydrogens is 404 g/mol. The summed E-state index contributed by atoms with van der Waals surface area (Å²) in [5.41, 5.74) is 1.69. The number of aryl methyl sites for hydroxylation is 1. The van der Waals surface area contributed by atoms with Gasteiger partial charge in [0.05, 0.1) is 17.1 Å². The SMILES string of the molecule is CCOc1ccccc1-c1noc(-c2ccc(CS(=O)(=O)c3ccc(C)cc3)o2)n1. The van der Waals surface area contributed by atoms with Crippen LogP contribution in [0.1, 0.15) is 18.2 Å². The molecule has 4 rings (SSSR count). The second kappa shape index (κ2) is 8.16. The Morgan fingerprint density at radius 3 is 2.53 bits per heavy atom. The molecule has 2 aromatic carbocycles. The van der Waals surface area contributed by atoms with E-state index in [2.05, 4.69) is 10.1 Å². The highest BCUT2D eigenvalue weighted by Crippen LogP contribution is 2.30.